The van der Waals surface area contributed by atoms with Crippen LogP contribution in [0.1, 0.15) is 23.6 Å². The van der Waals surface area contributed by atoms with E-state index in [1.54, 1.807) is 19.2 Å². The van der Waals surface area contributed by atoms with E-state index in [9.17, 15) is 4.39 Å². The van der Waals surface area contributed by atoms with Crippen molar-refractivity contribution in [3.63, 3.8) is 0 Å². The fourth-order valence-electron chi connectivity index (χ4n) is 2.22. The molecule has 112 valence electrons. The van der Waals surface area contributed by atoms with E-state index in [0.29, 0.717) is 17.0 Å². The highest BCUT2D eigenvalue weighted by molar-refractivity contribution is 6.30. The van der Waals surface area contributed by atoms with Crippen molar-refractivity contribution in [2.45, 2.75) is 18.9 Å². The van der Waals surface area contributed by atoms with Gasteiger partial charge in [0.25, 0.3) is 0 Å². The molecule has 0 fully saturated rings. The van der Waals surface area contributed by atoms with Crippen LogP contribution >= 0.6 is 11.6 Å². The molecule has 2 rings (SSSR count). The van der Waals surface area contributed by atoms with Crippen molar-refractivity contribution in [1.82, 2.24) is 5.43 Å². The second-order valence-electron chi connectivity index (χ2n) is 4.77. The largest absolute Gasteiger partial charge is 0.497 e. The van der Waals surface area contributed by atoms with Crippen molar-refractivity contribution < 1.29 is 9.13 Å². The van der Waals surface area contributed by atoms with E-state index < -0.39 is 0 Å². The number of aryl methyl sites for hydroxylation is 1. The lowest BCUT2D eigenvalue weighted by molar-refractivity contribution is 0.414. The van der Waals surface area contributed by atoms with Gasteiger partial charge in [0.15, 0.2) is 0 Å². The van der Waals surface area contributed by atoms with E-state index in [4.69, 9.17) is 22.2 Å². The number of nitrogens with one attached hydrogen (secondary N) is 1. The fourth-order valence-corrected chi connectivity index (χ4v) is 2.37. The second-order valence-corrected chi connectivity index (χ2v) is 5.21. The van der Waals surface area contributed by atoms with E-state index in [2.05, 4.69) is 5.43 Å². The third-order valence-electron chi connectivity index (χ3n) is 3.42. The molecule has 0 heterocycles. The van der Waals surface area contributed by atoms with Crippen molar-refractivity contribution in [3.05, 3.63) is 64.4 Å². The molecule has 1 unspecified atom stereocenters. The molecule has 3 N–H and O–H groups in total. The Kier molecular flexibility index (Phi) is 5.56. The highest BCUT2D eigenvalue weighted by Gasteiger charge is 2.14. The van der Waals surface area contributed by atoms with E-state index in [-0.39, 0.29) is 11.9 Å². The predicted octanol–water partition coefficient (Wildman–Crippen LogP) is 3.62. The van der Waals surface area contributed by atoms with Gasteiger partial charge in [-0.3, -0.25) is 11.3 Å². The first-order chi connectivity index (χ1) is 10.1. The predicted molar refractivity (Wildman–Crippen MR) is 82.8 cm³/mol. The van der Waals surface area contributed by atoms with E-state index in [1.165, 1.54) is 6.07 Å². The molecule has 1 atom stereocenters. The third kappa shape index (κ3) is 4.17. The maximum Gasteiger partial charge on any atom is 0.129 e. The van der Waals surface area contributed by atoms with Gasteiger partial charge in [0.05, 0.1) is 7.11 Å². The maximum atomic E-state index is 13.9. The molecule has 0 spiro atoms. The molecular weight excluding hydrogens is 291 g/mol. The Balaban J connectivity index is 2.04. The zero-order chi connectivity index (χ0) is 15.2. The van der Waals surface area contributed by atoms with Crippen LogP contribution in [0.25, 0.3) is 0 Å². The first-order valence-electron chi connectivity index (χ1n) is 6.68. The molecule has 0 aliphatic rings. The fraction of sp³-hybridized carbons (Fsp3) is 0.250. The number of methoxy groups -OCH3 is 1. The van der Waals surface area contributed by atoms with Crippen LogP contribution in [-0.2, 0) is 6.42 Å². The highest BCUT2D eigenvalue weighted by Crippen LogP contribution is 2.24. The van der Waals surface area contributed by atoms with Crippen LogP contribution in [0.2, 0.25) is 5.02 Å². The van der Waals surface area contributed by atoms with Gasteiger partial charge in [-0.1, -0.05) is 29.8 Å². The summed E-state index contributed by atoms with van der Waals surface area (Å²) < 4.78 is 19.0. The molecule has 2 aromatic carbocycles. The van der Waals surface area contributed by atoms with Crippen LogP contribution in [0.3, 0.4) is 0 Å². The van der Waals surface area contributed by atoms with Crippen molar-refractivity contribution in [1.29, 1.82) is 0 Å². The third-order valence-corrected chi connectivity index (χ3v) is 3.65. The summed E-state index contributed by atoms with van der Waals surface area (Å²) >= 11 is 5.76. The molecule has 0 saturated carbocycles. The minimum Gasteiger partial charge on any atom is -0.497 e. The molecule has 21 heavy (non-hydrogen) atoms. The number of benzene rings is 2. The van der Waals surface area contributed by atoms with Gasteiger partial charge in [-0.05, 0) is 42.7 Å². The summed E-state index contributed by atoms with van der Waals surface area (Å²) in [5, 5.41) is 0.377. The van der Waals surface area contributed by atoms with E-state index in [0.717, 1.165) is 17.7 Å². The number of hydrogen-bond donors (Lipinski definition) is 2. The Bertz CT molecular complexity index is 589. The Morgan fingerprint density at radius 1 is 1.24 bits per heavy atom. The molecule has 0 aliphatic carbocycles. The van der Waals surface area contributed by atoms with Crippen LogP contribution in [0.15, 0.2) is 42.5 Å². The Morgan fingerprint density at radius 2 is 1.95 bits per heavy atom. The summed E-state index contributed by atoms with van der Waals surface area (Å²) in [6, 6.07) is 12.2. The van der Waals surface area contributed by atoms with Crippen molar-refractivity contribution in [2.24, 2.45) is 5.84 Å². The number of hydrogen-bond acceptors (Lipinski definition) is 3. The zero-order valence-electron chi connectivity index (χ0n) is 11.8. The number of hydrazine groups is 1. The zero-order valence-corrected chi connectivity index (χ0v) is 12.5. The van der Waals surface area contributed by atoms with Crippen LogP contribution in [0, 0.1) is 5.82 Å². The monoisotopic (exact) mass is 308 g/mol. The van der Waals surface area contributed by atoms with Crippen molar-refractivity contribution >= 4 is 11.6 Å². The molecule has 0 amide bonds. The Labute approximate surface area is 128 Å². The molecule has 0 aliphatic heterocycles. The van der Waals surface area contributed by atoms with Crippen LogP contribution in [0.5, 0.6) is 5.75 Å². The van der Waals surface area contributed by atoms with Gasteiger partial charge in [0.1, 0.15) is 11.6 Å². The lowest BCUT2D eigenvalue weighted by Crippen LogP contribution is -2.29. The van der Waals surface area contributed by atoms with Crippen LogP contribution < -0.4 is 16.0 Å². The maximum absolute atomic E-state index is 13.9. The van der Waals surface area contributed by atoms with Gasteiger partial charge in [0.2, 0.25) is 0 Å². The number of halogens is 2. The van der Waals surface area contributed by atoms with Gasteiger partial charge in [-0.15, -0.1) is 0 Å². The molecular formula is C16H18ClFN2O. The summed E-state index contributed by atoms with van der Waals surface area (Å²) in [4.78, 5) is 0. The number of rotatable bonds is 6. The summed E-state index contributed by atoms with van der Waals surface area (Å²) in [5.74, 6) is 6.02. The Hall–Kier alpha value is -1.62. The molecule has 0 saturated heterocycles. The normalized spacial score (nSPS) is 12.2. The quantitative estimate of drug-likeness (QED) is 0.633. The minimum absolute atomic E-state index is 0.260. The van der Waals surface area contributed by atoms with Gasteiger partial charge in [-0.25, -0.2) is 4.39 Å². The first kappa shape index (κ1) is 15.8. The summed E-state index contributed by atoms with van der Waals surface area (Å²) in [7, 11) is 1.63. The first-order valence-corrected chi connectivity index (χ1v) is 7.06. The molecule has 0 bridgehead atoms. The van der Waals surface area contributed by atoms with Crippen molar-refractivity contribution in [3.8, 4) is 5.75 Å². The van der Waals surface area contributed by atoms with Gasteiger partial charge < -0.3 is 4.74 Å². The standard InChI is InChI=1S/C16H18ClFN2O/c1-21-13-6-2-11(3-7-13)4-9-16(20-19)14-8-5-12(17)10-15(14)18/h2-3,5-8,10,16,20H,4,9,19H2,1H3. The Morgan fingerprint density at radius 3 is 2.52 bits per heavy atom. The smallest absolute Gasteiger partial charge is 0.129 e. The molecule has 3 nitrogen and oxygen atoms in total. The average Bonchev–Trinajstić information content (AvgIpc) is 2.50. The lowest BCUT2D eigenvalue weighted by atomic mass is 9.99. The van der Waals surface area contributed by atoms with E-state index >= 15 is 0 Å². The van der Waals surface area contributed by atoms with E-state index in [1.807, 2.05) is 24.3 Å². The van der Waals surface area contributed by atoms with Gasteiger partial charge in [0, 0.05) is 16.6 Å². The summed E-state index contributed by atoms with van der Waals surface area (Å²) in [6.07, 6.45) is 1.46. The van der Waals surface area contributed by atoms with Crippen LogP contribution in [-0.4, -0.2) is 7.11 Å². The second kappa shape index (κ2) is 7.41. The van der Waals surface area contributed by atoms with Crippen molar-refractivity contribution in [2.75, 3.05) is 7.11 Å². The lowest BCUT2D eigenvalue weighted by Gasteiger charge is -2.17. The molecule has 0 radical (unpaired) electrons. The molecule has 5 heteroatoms. The summed E-state index contributed by atoms with van der Waals surface area (Å²) in [6.45, 7) is 0. The summed E-state index contributed by atoms with van der Waals surface area (Å²) in [5.41, 5.74) is 4.33. The number of ether oxygens (including phenoxy) is 1. The van der Waals surface area contributed by atoms with Gasteiger partial charge in [-0.2, -0.15) is 0 Å². The topological polar surface area (TPSA) is 47.3 Å². The number of nitrogens with two attached hydrogens (primary N) is 1. The highest BCUT2D eigenvalue weighted by atomic mass is 35.5. The average molecular weight is 309 g/mol. The molecule has 2 aromatic rings. The van der Waals surface area contributed by atoms with Crippen LogP contribution in [0.4, 0.5) is 4.39 Å². The minimum atomic E-state index is -0.347. The molecule has 0 aromatic heterocycles. The SMILES string of the molecule is COc1ccc(CCC(NN)c2ccc(Cl)cc2F)cc1. The van der Waals surface area contributed by atoms with Gasteiger partial charge >= 0.3 is 0 Å².